The summed E-state index contributed by atoms with van der Waals surface area (Å²) < 4.78 is 0. The van der Waals surface area contributed by atoms with Crippen LogP contribution in [-0.2, 0) is 0 Å². The Labute approximate surface area is 163 Å². The van der Waals surface area contributed by atoms with E-state index in [1.165, 1.54) is 64.2 Å². The van der Waals surface area contributed by atoms with Crippen LogP contribution in [0.1, 0.15) is 104 Å². The number of rotatable bonds is 21. The first-order valence-corrected chi connectivity index (χ1v) is 11.5. The second kappa shape index (κ2) is 21.1. The monoisotopic (exact) mass is 372 g/mol. The van der Waals surface area contributed by atoms with Gasteiger partial charge in [0.1, 0.15) is 0 Å². The summed E-state index contributed by atoms with van der Waals surface area (Å²) in [6.45, 7) is 7.93. The van der Waals surface area contributed by atoms with Crippen molar-refractivity contribution >= 4 is 0 Å². The summed E-state index contributed by atoms with van der Waals surface area (Å²) in [6, 6.07) is 0. The lowest BCUT2D eigenvalue weighted by molar-refractivity contribution is 0.157. The van der Waals surface area contributed by atoms with Gasteiger partial charge in [-0.15, -0.1) is 0 Å². The molecule has 0 aliphatic carbocycles. The van der Waals surface area contributed by atoms with Gasteiger partial charge in [0.05, 0.1) is 12.2 Å². The third kappa shape index (κ3) is 20.2. The fourth-order valence-corrected chi connectivity index (χ4v) is 3.21. The molecule has 0 fully saturated rings. The Balaban J connectivity index is 3.19. The van der Waals surface area contributed by atoms with Gasteiger partial charge in [-0.1, -0.05) is 78.1 Å². The molecule has 4 N–H and O–H groups in total. The molecule has 0 aromatic rings. The van der Waals surface area contributed by atoms with Crippen LogP contribution in [-0.4, -0.2) is 48.6 Å². The summed E-state index contributed by atoms with van der Waals surface area (Å²) in [5, 5.41) is 26.5. The maximum atomic E-state index is 9.88. The van der Waals surface area contributed by atoms with Gasteiger partial charge in [-0.05, 0) is 38.8 Å². The molecule has 4 heteroatoms. The minimum Gasteiger partial charge on any atom is -0.392 e. The standard InChI is InChI=1S/C22H48N2O2/c1-3-5-7-11-15-21(25)19-23-17-13-9-10-14-18-24-20-22(26)16-12-8-6-4-2/h21-26H,3-20H2,1-2H3. The van der Waals surface area contributed by atoms with Crippen LogP contribution in [0.2, 0.25) is 0 Å². The van der Waals surface area contributed by atoms with Crippen molar-refractivity contribution in [2.45, 2.75) is 116 Å². The third-order valence-electron chi connectivity index (χ3n) is 5.00. The molecule has 26 heavy (non-hydrogen) atoms. The van der Waals surface area contributed by atoms with Gasteiger partial charge >= 0.3 is 0 Å². The van der Waals surface area contributed by atoms with E-state index in [0.717, 1.165) is 51.9 Å². The number of hydrogen-bond acceptors (Lipinski definition) is 4. The van der Waals surface area contributed by atoms with Crippen LogP contribution in [0.15, 0.2) is 0 Å². The zero-order chi connectivity index (χ0) is 19.3. The molecule has 0 aromatic carbocycles. The Morgan fingerprint density at radius 2 is 0.923 bits per heavy atom. The predicted molar refractivity (Wildman–Crippen MR) is 114 cm³/mol. The van der Waals surface area contributed by atoms with Crippen LogP contribution in [0, 0.1) is 0 Å². The van der Waals surface area contributed by atoms with Crippen molar-refractivity contribution in [1.82, 2.24) is 10.6 Å². The highest BCUT2D eigenvalue weighted by Gasteiger charge is 2.04. The number of nitrogens with one attached hydrogen (secondary N) is 2. The summed E-state index contributed by atoms with van der Waals surface area (Å²) in [7, 11) is 0. The van der Waals surface area contributed by atoms with E-state index in [2.05, 4.69) is 24.5 Å². The SMILES string of the molecule is CCCCCCC(O)CNCCCCCCNCC(O)CCCCCC. The van der Waals surface area contributed by atoms with E-state index in [0.29, 0.717) is 0 Å². The fraction of sp³-hybridized carbons (Fsp3) is 1.00. The molecule has 0 aliphatic rings. The highest BCUT2D eigenvalue weighted by molar-refractivity contribution is 4.62. The molecule has 0 amide bonds. The number of aliphatic hydroxyl groups excluding tert-OH is 2. The van der Waals surface area contributed by atoms with Gasteiger partial charge < -0.3 is 20.8 Å². The van der Waals surface area contributed by atoms with Gasteiger partial charge in [-0.25, -0.2) is 0 Å². The summed E-state index contributed by atoms with van der Waals surface area (Å²) in [6.07, 6.45) is 16.2. The van der Waals surface area contributed by atoms with E-state index in [9.17, 15) is 10.2 Å². The Bertz CT molecular complexity index is 239. The van der Waals surface area contributed by atoms with Gasteiger partial charge in [-0.3, -0.25) is 0 Å². The summed E-state index contributed by atoms with van der Waals surface area (Å²) >= 11 is 0. The zero-order valence-corrected chi connectivity index (χ0v) is 17.8. The molecule has 0 aromatic heterocycles. The highest BCUT2D eigenvalue weighted by atomic mass is 16.3. The Morgan fingerprint density at radius 1 is 0.538 bits per heavy atom. The van der Waals surface area contributed by atoms with Crippen LogP contribution >= 0.6 is 0 Å². The van der Waals surface area contributed by atoms with Crippen LogP contribution in [0.3, 0.4) is 0 Å². The van der Waals surface area contributed by atoms with E-state index in [1.807, 2.05) is 0 Å². The minimum atomic E-state index is -0.176. The first-order valence-electron chi connectivity index (χ1n) is 11.5. The summed E-state index contributed by atoms with van der Waals surface area (Å²) in [5.74, 6) is 0. The fourth-order valence-electron chi connectivity index (χ4n) is 3.21. The van der Waals surface area contributed by atoms with E-state index in [1.54, 1.807) is 0 Å². The van der Waals surface area contributed by atoms with Gasteiger partial charge in [0, 0.05) is 13.1 Å². The van der Waals surface area contributed by atoms with Gasteiger partial charge in [0.15, 0.2) is 0 Å². The van der Waals surface area contributed by atoms with Gasteiger partial charge in [-0.2, -0.15) is 0 Å². The van der Waals surface area contributed by atoms with Crippen LogP contribution in [0.5, 0.6) is 0 Å². The minimum absolute atomic E-state index is 0.176. The van der Waals surface area contributed by atoms with Crippen molar-refractivity contribution in [3.05, 3.63) is 0 Å². The molecular formula is C22H48N2O2. The quantitative estimate of drug-likeness (QED) is 0.226. The molecule has 0 spiro atoms. The van der Waals surface area contributed by atoms with Crippen molar-refractivity contribution in [3.63, 3.8) is 0 Å². The van der Waals surface area contributed by atoms with Crippen molar-refractivity contribution in [2.75, 3.05) is 26.2 Å². The molecule has 0 saturated heterocycles. The molecule has 0 radical (unpaired) electrons. The molecule has 2 unspecified atom stereocenters. The summed E-state index contributed by atoms with van der Waals surface area (Å²) in [4.78, 5) is 0. The lowest BCUT2D eigenvalue weighted by atomic mass is 10.1. The van der Waals surface area contributed by atoms with E-state index in [4.69, 9.17) is 0 Å². The van der Waals surface area contributed by atoms with Crippen molar-refractivity contribution < 1.29 is 10.2 Å². The highest BCUT2D eigenvalue weighted by Crippen LogP contribution is 2.06. The lowest BCUT2D eigenvalue weighted by Crippen LogP contribution is -2.28. The molecule has 0 rings (SSSR count). The lowest BCUT2D eigenvalue weighted by Gasteiger charge is -2.12. The van der Waals surface area contributed by atoms with E-state index >= 15 is 0 Å². The molecular weight excluding hydrogens is 324 g/mol. The predicted octanol–water partition coefficient (Wildman–Crippen LogP) is 4.39. The topological polar surface area (TPSA) is 64.5 Å². The van der Waals surface area contributed by atoms with E-state index in [-0.39, 0.29) is 12.2 Å². The smallest absolute Gasteiger partial charge is 0.0664 e. The average molecular weight is 373 g/mol. The van der Waals surface area contributed by atoms with Crippen LogP contribution < -0.4 is 10.6 Å². The molecule has 158 valence electrons. The third-order valence-corrected chi connectivity index (χ3v) is 5.00. The second-order valence-corrected chi connectivity index (χ2v) is 7.83. The molecule has 0 heterocycles. The van der Waals surface area contributed by atoms with Gasteiger partial charge in [0.25, 0.3) is 0 Å². The molecule has 0 aliphatic heterocycles. The molecule has 0 saturated carbocycles. The first-order chi connectivity index (χ1) is 12.7. The molecule has 4 nitrogen and oxygen atoms in total. The number of hydrogen-bond donors (Lipinski definition) is 4. The average Bonchev–Trinajstić information content (AvgIpc) is 2.64. The summed E-state index contributed by atoms with van der Waals surface area (Å²) in [5.41, 5.74) is 0. The maximum Gasteiger partial charge on any atom is 0.0664 e. The van der Waals surface area contributed by atoms with Crippen LogP contribution in [0.4, 0.5) is 0 Å². The number of aliphatic hydroxyl groups is 2. The van der Waals surface area contributed by atoms with Crippen molar-refractivity contribution in [2.24, 2.45) is 0 Å². The van der Waals surface area contributed by atoms with Crippen molar-refractivity contribution in [3.8, 4) is 0 Å². The van der Waals surface area contributed by atoms with E-state index < -0.39 is 0 Å². The normalized spacial score (nSPS) is 13.8. The van der Waals surface area contributed by atoms with Crippen LogP contribution in [0.25, 0.3) is 0 Å². The molecule has 0 bridgehead atoms. The number of unbranched alkanes of at least 4 members (excludes halogenated alkanes) is 9. The maximum absolute atomic E-state index is 9.88. The van der Waals surface area contributed by atoms with Crippen molar-refractivity contribution in [1.29, 1.82) is 0 Å². The Morgan fingerprint density at radius 3 is 1.31 bits per heavy atom. The zero-order valence-electron chi connectivity index (χ0n) is 17.8. The Hall–Kier alpha value is -0.160. The van der Waals surface area contributed by atoms with Gasteiger partial charge in [0.2, 0.25) is 0 Å². The largest absolute Gasteiger partial charge is 0.392 e. The first kappa shape index (κ1) is 25.8. The second-order valence-electron chi connectivity index (χ2n) is 7.83. The molecule has 2 atom stereocenters. The Kier molecular flexibility index (Phi) is 21.0.